The van der Waals surface area contributed by atoms with Crippen molar-refractivity contribution in [2.24, 2.45) is 0 Å². The van der Waals surface area contributed by atoms with Crippen molar-refractivity contribution >= 4 is 23.2 Å². The number of nitrogens with zero attached hydrogens (tertiary/aromatic N) is 2. The van der Waals surface area contributed by atoms with Gasteiger partial charge in [-0.3, -0.25) is 14.5 Å². The van der Waals surface area contributed by atoms with Gasteiger partial charge in [0.15, 0.2) is 0 Å². The third-order valence-corrected chi connectivity index (χ3v) is 4.37. The van der Waals surface area contributed by atoms with Crippen LogP contribution in [-0.4, -0.2) is 69.2 Å². The molecule has 1 aliphatic rings. The molecule has 0 saturated carbocycles. The van der Waals surface area contributed by atoms with Gasteiger partial charge in [0.1, 0.15) is 0 Å². The second kappa shape index (κ2) is 10.1. The minimum Gasteiger partial charge on any atom is -0.378 e. The first-order chi connectivity index (χ1) is 12.5. The summed E-state index contributed by atoms with van der Waals surface area (Å²) >= 11 is 0. The maximum absolute atomic E-state index is 12.2. The van der Waals surface area contributed by atoms with Crippen molar-refractivity contribution in [3.8, 4) is 0 Å². The van der Waals surface area contributed by atoms with Gasteiger partial charge in [0.05, 0.1) is 26.3 Å². The molecule has 1 aliphatic heterocycles. The quantitative estimate of drug-likeness (QED) is 0.729. The molecule has 1 fully saturated rings. The number of hydrogen-bond acceptors (Lipinski definition) is 5. The summed E-state index contributed by atoms with van der Waals surface area (Å²) in [6.07, 6.45) is 0.885. The number of rotatable bonds is 8. The Bertz CT molecular complexity index is 585. The van der Waals surface area contributed by atoms with Gasteiger partial charge < -0.3 is 20.3 Å². The summed E-state index contributed by atoms with van der Waals surface area (Å²) in [4.78, 5) is 28.0. The number of nitrogens with one attached hydrogen (secondary N) is 2. The van der Waals surface area contributed by atoms with Crippen LogP contribution in [0.2, 0.25) is 0 Å². The number of hydrogen-bond donors (Lipinski definition) is 2. The molecule has 0 unspecified atom stereocenters. The van der Waals surface area contributed by atoms with E-state index in [2.05, 4.69) is 15.5 Å². The summed E-state index contributed by atoms with van der Waals surface area (Å²) in [7, 11) is 1.76. The smallest absolute Gasteiger partial charge is 0.238 e. The van der Waals surface area contributed by atoms with Crippen molar-refractivity contribution in [3.05, 3.63) is 24.3 Å². The molecular weight excluding hydrogens is 332 g/mol. The standard InChI is InChI=1S/C19H30N4O3/c1-4-15(2)20-18(24)13-22(3)14-19(25)21-16-5-7-17(8-6-16)23-9-11-26-12-10-23/h5-8,15H,4,9-14H2,1-3H3,(H,20,24)(H,21,25)/t15-/m1/s1. The number of carbonyl (C=O) groups excluding carboxylic acids is 2. The predicted octanol–water partition coefficient (Wildman–Crippen LogP) is 1.31. The second-order valence-corrected chi connectivity index (χ2v) is 6.74. The maximum Gasteiger partial charge on any atom is 0.238 e. The van der Waals surface area contributed by atoms with E-state index in [4.69, 9.17) is 4.74 Å². The zero-order valence-electron chi connectivity index (χ0n) is 16.0. The van der Waals surface area contributed by atoms with E-state index >= 15 is 0 Å². The van der Waals surface area contributed by atoms with Crippen LogP contribution in [0.3, 0.4) is 0 Å². The van der Waals surface area contributed by atoms with Gasteiger partial charge in [-0.15, -0.1) is 0 Å². The Balaban J connectivity index is 1.77. The molecule has 2 N–H and O–H groups in total. The molecule has 1 saturated heterocycles. The summed E-state index contributed by atoms with van der Waals surface area (Å²) in [6.45, 7) is 7.61. The van der Waals surface area contributed by atoms with Crippen molar-refractivity contribution < 1.29 is 14.3 Å². The summed E-state index contributed by atoms with van der Waals surface area (Å²) in [5.41, 5.74) is 1.88. The Morgan fingerprint density at radius 2 is 1.77 bits per heavy atom. The zero-order chi connectivity index (χ0) is 18.9. The molecular formula is C19H30N4O3. The average Bonchev–Trinajstić information content (AvgIpc) is 2.62. The second-order valence-electron chi connectivity index (χ2n) is 6.74. The Hall–Kier alpha value is -2.12. The zero-order valence-corrected chi connectivity index (χ0v) is 16.0. The molecule has 26 heavy (non-hydrogen) atoms. The average molecular weight is 362 g/mol. The van der Waals surface area contributed by atoms with Crippen molar-refractivity contribution in [2.75, 3.05) is 56.7 Å². The number of likely N-dealkylation sites (N-methyl/N-ethyl adjacent to an activating group) is 1. The van der Waals surface area contributed by atoms with Gasteiger partial charge >= 0.3 is 0 Å². The van der Waals surface area contributed by atoms with E-state index in [0.717, 1.165) is 44.1 Å². The highest BCUT2D eigenvalue weighted by Crippen LogP contribution is 2.18. The molecule has 1 aromatic carbocycles. The van der Waals surface area contributed by atoms with Gasteiger partial charge in [-0.05, 0) is 44.7 Å². The number of amides is 2. The maximum atomic E-state index is 12.2. The topological polar surface area (TPSA) is 73.9 Å². The van der Waals surface area contributed by atoms with Crippen LogP contribution in [0.5, 0.6) is 0 Å². The molecule has 0 aliphatic carbocycles. The Morgan fingerprint density at radius 1 is 1.15 bits per heavy atom. The molecule has 0 radical (unpaired) electrons. The highest BCUT2D eigenvalue weighted by atomic mass is 16.5. The van der Waals surface area contributed by atoms with Crippen LogP contribution in [0.1, 0.15) is 20.3 Å². The molecule has 2 rings (SSSR count). The molecule has 144 valence electrons. The SMILES string of the molecule is CC[C@@H](C)NC(=O)CN(C)CC(=O)Nc1ccc(N2CCOCC2)cc1. The summed E-state index contributed by atoms with van der Waals surface area (Å²) < 4.78 is 5.36. The lowest BCUT2D eigenvalue weighted by molar-refractivity contribution is -0.123. The Labute approximate surface area is 155 Å². The number of carbonyl (C=O) groups is 2. The third-order valence-electron chi connectivity index (χ3n) is 4.37. The first kappa shape index (κ1) is 20.2. The number of ether oxygens (including phenoxy) is 1. The van der Waals surface area contributed by atoms with Gasteiger partial charge in [0.2, 0.25) is 11.8 Å². The summed E-state index contributed by atoms with van der Waals surface area (Å²) in [5.74, 6) is -0.201. The van der Waals surface area contributed by atoms with Gasteiger partial charge in [-0.2, -0.15) is 0 Å². The van der Waals surface area contributed by atoms with E-state index in [1.165, 1.54) is 0 Å². The van der Waals surface area contributed by atoms with Crippen LogP contribution in [0.25, 0.3) is 0 Å². The van der Waals surface area contributed by atoms with Crippen molar-refractivity contribution in [1.29, 1.82) is 0 Å². The molecule has 0 spiro atoms. The van der Waals surface area contributed by atoms with Crippen molar-refractivity contribution in [2.45, 2.75) is 26.3 Å². The van der Waals surface area contributed by atoms with Crippen LogP contribution in [-0.2, 0) is 14.3 Å². The lowest BCUT2D eigenvalue weighted by Crippen LogP contribution is -2.41. The van der Waals surface area contributed by atoms with Gasteiger partial charge in [0.25, 0.3) is 0 Å². The first-order valence-electron chi connectivity index (χ1n) is 9.18. The number of benzene rings is 1. The van der Waals surface area contributed by atoms with E-state index in [0.29, 0.717) is 0 Å². The predicted molar refractivity (Wildman–Crippen MR) is 103 cm³/mol. The lowest BCUT2D eigenvalue weighted by Gasteiger charge is -2.28. The minimum absolute atomic E-state index is 0.0653. The van der Waals surface area contributed by atoms with Crippen LogP contribution >= 0.6 is 0 Å². The Kier molecular flexibility index (Phi) is 7.87. The number of anilines is 2. The van der Waals surface area contributed by atoms with Crippen LogP contribution in [0.4, 0.5) is 11.4 Å². The monoisotopic (exact) mass is 362 g/mol. The van der Waals surface area contributed by atoms with Gasteiger partial charge in [-0.25, -0.2) is 0 Å². The van der Waals surface area contributed by atoms with Crippen molar-refractivity contribution in [3.63, 3.8) is 0 Å². The largest absolute Gasteiger partial charge is 0.378 e. The van der Waals surface area contributed by atoms with E-state index in [9.17, 15) is 9.59 Å². The van der Waals surface area contributed by atoms with E-state index < -0.39 is 0 Å². The summed E-state index contributed by atoms with van der Waals surface area (Å²) in [6, 6.07) is 7.96. The fraction of sp³-hybridized carbons (Fsp3) is 0.579. The molecule has 0 aromatic heterocycles. The third kappa shape index (κ3) is 6.65. The van der Waals surface area contributed by atoms with Crippen molar-refractivity contribution in [1.82, 2.24) is 10.2 Å². The van der Waals surface area contributed by atoms with Crippen LogP contribution < -0.4 is 15.5 Å². The fourth-order valence-corrected chi connectivity index (χ4v) is 2.75. The molecule has 0 bridgehead atoms. The fourth-order valence-electron chi connectivity index (χ4n) is 2.75. The Morgan fingerprint density at radius 3 is 2.38 bits per heavy atom. The van der Waals surface area contributed by atoms with Gasteiger partial charge in [0, 0.05) is 30.5 Å². The highest BCUT2D eigenvalue weighted by molar-refractivity contribution is 5.92. The normalized spacial score (nSPS) is 15.6. The molecule has 1 atom stereocenters. The molecule has 1 aromatic rings. The summed E-state index contributed by atoms with van der Waals surface area (Å²) in [5, 5.41) is 5.77. The first-order valence-corrected chi connectivity index (χ1v) is 9.18. The molecule has 1 heterocycles. The minimum atomic E-state index is -0.136. The van der Waals surface area contributed by atoms with Gasteiger partial charge in [-0.1, -0.05) is 6.92 Å². The van der Waals surface area contributed by atoms with Crippen LogP contribution in [0, 0.1) is 0 Å². The lowest BCUT2D eigenvalue weighted by atomic mass is 10.2. The van der Waals surface area contributed by atoms with E-state index in [1.54, 1.807) is 11.9 Å². The van der Waals surface area contributed by atoms with E-state index in [1.807, 2.05) is 38.1 Å². The van der Waals surface area contributed by atoms with Crippen LogP contribution in [0.15, 0.2) is 24.3 Å². The van der Waals surface area contributed by atoms with E-state index in [-0.39, 0.29) is 30.9 Å². The highest BCUT2D eigenvalue weighted by Gasteiger charge is 2.13. The molecule has 7 nitrogen and oxygen atoms in total. The molecule has 2 amide bonds. The number of morpholine rings is 1. The molecule has 7 heteroatoms.